The Bertz CT molecular complexity index is 508. The van der Waals surface area contributed by atoms with E-state index in [2.05, 4.69) is 10.6 Å². The van der Waals surface area contributed by atoms with Crippen LogP contribution in [0.4, 0.5) is 10.5 Å². The molecule has 1 aromatic rings. The molecule has 5 nitrogen and oxygen atoms in total. The second-order valence-corrected chi connectivity index (χ2v) is 5.01. The molecule has 0 aliphatic rings. The van der Waals surface area contributed by atoms with Gasteiger partial charge in [-0.3, -0.25) is 0 Å². The second-order valence-electron chi connectivity index (χ2n) is 4.20. The Morgan fingerprint density at radius 1 is 1.32 bits per heavy atom. The van der Waals surface area contributed by atoms with Gasteiger partial charge in [0.05, 0.1) is 10.0 Å². The normalized spacial score (nSPS) is 13.5. The molecule has 1 aromatic carbocycles. The fourth-order valence-electron chi connectivity index (χ4n) is 1.28. The number of nitrogens with one attached hydrogen (secondary N) is 2. The van der Waals surface area contributed by atoms with E-state index in [1.54, 1.807) is 13.0 Å². The first-order valence-electron chi connectivity index (χ1n) is 5.56. The van der Waals surface area contributed by atoms with Gasteiger partial charge >= 0.3 is 12.0 Å². The van der Waals surface area contributed by atoms with E-state index in [-0.39, 0.29) is 6.42 Å². The monoisotopic (exact) mass is 304 g/mol. The highest BCUT2D eigenvalue weighted by Crippen LogP contribution is 2.25. The first-order valence-corrected chi connectivity index (χ1v) is 6.31. The molecule has 0 saturated carbocycles. The predicted molar refractivity (Wildman–Crippen MR) is 74.9 cm³/mol. The van der Waals surface area contributed by atoms with Crippen molar-refractivity contribution in [3.8, 4) is 0 Å². The minimum Gasteiger partial charge on any atom is -0.480 e. The SMILES string of the molecule is CC[C@@](C)(NC(=O)Nc1ccc(Cl)c(Cl)c1)C(=O)O. The van der Waals surface area contributed by atoms with Gasteiger partial charge in [0.15, 0.2) is 0 Å². The number of rotatable bonds is 4. The van der Waals surface area contributed by atoms with Gasteiger partial charge in [-0.25, -0.2) is 9.59 Å². The number of hydrogen-bond donors (Lipinski definition) is 3. The van der Waals surface area contributed by atoms with Crippen LogP contribution in [0.1, 0.15) is 20.3 Å². The molecule has 7 heteroatoms. The molecule has 0 spiro atoms. The second kappa shape index (κ2) is 6.12. The van der Waals surface area contributed by atoms with E-state index in [4.69, 9.17) is 28.3 Å². The van der Waals surface area contributed by atoms with Crippen molar-refractivity contribution in [1.29, 1.82) is 0 Å². The smallest absolute Gasteiger partial charge is 0.329 e. The van der Waals surface area contributed by atoms with Crippen LogP contribution < -0.4 is 10.6 Å². The lowest BCUT2D eigenvalue weighted by Crippen LogP contribution is -2.53. The van der Waals surface area contributed by atoms with Gasteiger partial charge in [0.1, 0.15) is 5.54 Å². The lowest BCUT2D eigenvalue weighted by atomic mass is 10.00. The number of carbonyl (C=O) groups excluding carboxylic acids is 1. The van der Waals surface area contributed by atoms with Gasteiger partial charge in [-0.05, 0) is 31.5 Å². The van der Waals surface area contributed by atoms with Gasteiger partial charge in [0.25, 0.3) is 0 Å². The number of benzene rings is 1. The van der Waals surface area contributed by atoms with Crippen LogP contribution in [-0.2, 0) is 4.79 Å². The van der Waals surface area contributed by atoms with Crippen LogP contribution in [0.2, 0.25) is 10.0 Å². The maximum Gasteiger partial charge on any atom is 0.329 e. The van der Waals surface area contributed by atoms with E-state index in [1.165, 1.54) is 19.1 Å². The highest BCUT2D eigenvalue weighted by molar-refractivity contribution is 6.42. The predicted octanol–water partition coefficient (Wildman–Crippen LogP) is 3.37. The van der Waals surface area contributed by atoms with Crippen molar-refractivity contribution >= 4 is 40.9 Å². The molecule has 2 amide bonds. The maximum atomic E-state index is 11.7. The van der Waals surface area contributed by atoms with Crippen LogP contribution in [0.5, 0.6) is 0 Å². The fourth-order valence-corrected chi connectivity index (χ4v) is 1.58. The molecular formula is C12H14Cl2N2O3. The molecule has 0 fully saturated rings. The topological polar surface area (TPSA) is 78.4 Å². The molecule has 0 radical (unpaired) electrons. The summed E-state index contributed by atoms with van der Waals surface area (Å²) in [5, 5.41) is 14.6. The molecule has 0 aliphatic carbocycles. The molecular weight excluding hydrogens is 291 g/mol. The van der Waals surface area contributed by atoms with Crippen LogP contribution >= 0.6 is 23.2 Å². The van der Waals surface area contributed by atoms with E-state index < -0.39 is 17.5 Å². The number of urea groups is 1. The van der Waals surface area contributed by atoms with E-state index in [0.29, 0.717) is 15.7 Å². The lowest BCUT2D eigenvalue weighted by Gasteiger charge is -2.24. The first-order chi connectivity index (χ1) is 8.78. The molecule has 0 heterocycles. The molecule has 0 saturated heterocycles. The Kier molecular flexibility index (Phi) is 5.03. The third-order valence-electron chi connectivity index (χ3n) is 2.75. The Morgan fingerprint density at radius 2 is 1.95 bits per heavy atom. The van der Waals surface area contributed by atoms with Crippen molar-refractivity contribution in [2.24, 2.45) is 0 Å². The quantitative estimate of drug-likeness (QED) is 0.798. The summed E-state index contributed by atoms with van der Waals surface area (Å²) >= 11 is 11.6. The van der Waals surface area contributed by atoms with E-state index in [1.807, 2.05) is 0 Å². The Morgan fingerprint density at radius 3 is 2.42 bits per heavy atom. The molecule has 0 aromatic heterocycles. The van der Waals surface area contributed by atoms with Crippen molar-refractivity contribution in [3.63, 3.8) is 0 Å². The minimum absolute atomic E-state index is 0.261. The number of hydrogen-bond acceptors (Lipinski definition) is 2. The van der Waals surface area contributed by atoms with Gasteiger partial charge in [-0.1, -0.05) is 30.1 Å². The summed E-state index contributed by atoms with van der Waals surface area (Å²) in [5.74, 6) is -1.10. The molecule has 1 atom stereocenters. The maximum absolute atomic E-state index is 11.7. The zero-order valence-electron chi connectivity index (χ0n) is 10.5. The van der Waals surface area contributed by atoms with Crippen LogP contribution in [-0.4, -0.2) is 22.6 Å². The van der Waals surface area contributed by atoms with Crippen molar-refractivity contribution < 1.29 is 14.7 Å². The summed E-state index contributed by atoms with van der Waals surface area (Å²) in [5.41, 5.74) is -0.893. The molecule has 19 heavy (non-hydrogen) atoms. The molecule has 1 rings (SSSR count). The minimum atomic E-state index is -1.32. The van der Waals surface area contributed by atoms with Crippen molar-refractivity contribution in [2.75, 3.05) is 5.32 Å². The van der Waals surface area contributed by atoms with Gasteiger partial charge < -0.3 is 15.7 Å². The van der Waals surface area contributed by atoms with Gasteiger partial charge in [-0.2, -0.15) is 0 Å². The number of halogens is 2. The zero-order valence-corrected chi connectivity index (χ0v) is 12.0. The molecule has 0 unspecified atom stereocenters. The van der Waals surface area contributed by atoms with E-state index >= 15 is 0 Å². The number of carboxylic acid groups (broad SMARTS) is 1. The van der Waals surface area contributed by atoms with Gasteiger partial charge in [0, 0.05) is 5.69 Å². The highest BCUT2D eigenvalue weighted by Gasteiger charge is 2.32. The van der Waals surface area contributed by atoms with Crippen molar-refractivity contribution in [3.05, 3.63) is 28.2 Å². The average molecular weight is 305 g/mol. The van der Waals surface area contributed by atoms with Crippen LogP contribution in [0.25, 0.3) is 0 Å². The molecule has 0 bridgehead atoms. The molecule has 3 N–H and O–H groups in total. The van der Waals surface area contributed by atoms with Crippen LogP contribution in [0, 0.1) is 0 Å². The van der Waals surface area contributed by atoms with E-state index in [9.17, 15) is 9.59 Å². The molecule has 0 aliphatic heterocycles. The largest absolute Gasteiger partial charge is 0.480 e. The average Bonchev–Trinajstić information content (AvgIpc) is 2.33. The third kappa shape index (κ3) is 4.01. The first kappa shape index (κ1) is 15.6. The lowest BCUT2D eigenvalue weighted by molar-refractivity contribution is -0.143. The zero-order chi connectivity index (χ0) is 14.6. The fraction of sp³-hybridized carbons (Fsp3) is 0.333. The summed E-state index contributed by atoms with van der Waals surface area (Å²) in [7, 11) is 0. The summed E-state index contributed by atoms with van der Waals surface area (Å²) in [6.07, 6.45) is 0.261. The number of amides is 2. The Balaban J connectivity index is 2.75. The van der Waals surface area contributed by atoms with Gasteiger partial charge in [0.2, 0.25) is 0 Å². The number of carboxylic acids is 1. The summed E-state index contributed by atoms with van der Waals surface area (Å²) < 4.78 is 0. The Labute approximate surface area is 120 Å². The van der Waals surface area contributed by atoms with Crippen molar-refractivity contribution in [2.45, 2.75) is 25.8 Å². The van der Waals surface area contributed by atoms with Crippen LogP contribution in [0.3, 0.4) is 0 Å². The number of carbonyl (C=O) groups is 2. The highest BCUT2D eigenvalue weighted by atomic mass is 35.5. The third-order valence-corrected chi connectivity index (χ3v) is 3.49. The summed E-state index contributed by atoms with van der Waals surface area (Å²) in [6.45, 7) is 3.11. The van der Waals surface area contributed by atoms with Crippen molar-refractivity contribution in [1.82, 2.24) is 5.32 Å². The summed E-state index contributed by atoms with van der Waals surface area (Å²) in [6, 6.07) is 3.96. The number of aliphatic carboxylic acids is 1. The summed E-state index contributed by atoms with van der Waals surface area (Å²) in [4.78, 5) is 22.8. The Hall–Kier alpha value is -1.46. The van der Waals surface area contributed by atoms with E-state index in [0.717, 1.165) is 0 Å². The van der Waals surface area contributed by atoms with Gasteiger partial charge in [-0.15, -0.1) is 0 Å². The standard InChI is InChI=1S/C12H14Cl2N2O3/c1-3-12(2,10(17)18)16-11(19)15-7-4-5-8(13)9(14)6-7/h4-6H,3H2,1-2H3,(H,17,18)(H2,15,16,19)/t12-/m1/s1. The molecule has 104 valence electrons. The van der Waals surface area contributed by atoms with Crippen LogP contribution in [0.15, 0.2) is 18.2 Å². The number of anilines is 1.